The summed E-state index contributed by atoms with van der Waals surface area (Å²) in [4.78, 5) is 4.47. The number of aliphatic hydroxyl groups is 1. The van der Waals surface area contributed by atoms with E-state index >= 15 is 0 Å². The molecule has 1 aromatic carbocycles. The van der Waals surface area contributed by atoms with Gasteiger partial charge in [0.1, 0.15) is 0 Å². The maximum Gasteiger partial charge on any atom is 0.0965 e. The summed E-state index contributed by atoms with van der Waals surface area (Å²) in [6.07, 6.45) is 7.72. The summed E-state index contributed by atoms with van der Waals surface area (Å²) in [7, 11) is 0. The third-order valence-corrected chi connectivity index (χ3v) is 5.04. The molecule has 21 heavy (non-hydrogen) atoms. The molecule has 1 aliphatic heterocycles. The fourth-order valence-electron chi connectivity index (χ4n) is 3.81. The van der Waals surface area contributed by atoms with Gasteiger partial charge in [0.25, 0.3) is 0 Å². The van der Waals surface area contributed by atoms with Crippen molar-refractivity contribution < 1.29 is 5.11 Å². The van der Waals surface area contributed by atoms with Crippen molar-refractivity contribution in [1.82, 2.24) is 5.32 Å². The highest BCUT2D eigenvalue weighted by atomic mass is 16.3. The zero-order valence-electron chi connectivity index (χ0n) is 12.7. The minimum atomic E-state index is -0.700. The fourth-order valence-corrected chi connectivity index (χ4v) is 3.81. The summed E-state index contributed by atoms with van der Waals surface area (Å²) in [5.41, 5.74) is 0.379. The van der Waals surface area contributed by atoms with Crippen LogP contribution in [0.15, 0.2) is 35.3 Å². The van der Waals surface area contributed by atoms with E-state index in [1.807, 2.05) is 18.2 Å². The number of nitrogens with one attached hydrogen (secondary N) is 1. The van der Waals surface area contributed by atoms with E-state index in [-0.39, 0.29) is 0 Å². The molecule has 1 unspecified atom stereocenters. The van der Waals surface area contributed by atoms with Crippen LogP contribution in [0.25, 0.3) is 0 Å². The van der Waals surface area contributed by atoms with Gasteiger partial charge in [0.15, 0.2) is 0 Å². The predicted molar refractivity (Wildman–Crippen MR) is 86.5 cm³/mol. The van der Waals surface area contributed by atoms with Crippen LogP contribution in [0.1, 0.15) is 50.5 Å². The molecule has 0 radical (unpaired) electrons. The van der Waals surface area contributed by atoms with Gasteiger partial charge in [-0.1, -0.05) is 49.6 Å². The van der Waals surface area contributed by atoms with Crippen molar-refractivity contribution in [2.24, 2.45) is 10.9 Å². The Morgan fingerprint density at radius 3 is 2.57 bits per heavy atom. The minimum Gasteiger partial charge on any atom is -0.385 e. The van der Waals surface area contributed by atoms with E-state index in [0.29, 0.717) is 5.92 Å². The van der Waals surface area contributed by atoms with Crippen LogP contribution >= 0.6 is 0 Å². The highest BCUT2D eigenvalue weighted by molar-refractivity contribution is 5.83. The number of rotatable bonds is 5. The monoisotopic (exact) mass is 286 g/mol. The summed E-state index contributed by atoms with van der Waals surface area (Å²) in [5.74, 6) is 1.45. The number of hydrogen-bond donors (Lipinski definition) is 2. The second kappa shape index (κ2) is 6.61. The van der Waals surface area contributed by atoms with Crippen molar-refractivity contribution in [3.8, 4) is 0 Å². The molecule has 1 aliphatic carbocycles. The second-order valence-electron chi connectivity index (χ2n) is 6.38. The molecule has 1 atom stereocenters. The molecule has 114 valence electrons. The number of aliphatic imine (C=N–C) groups is 1. The third kappa shape index (κ3) is 3.29. The summed E-state index contributed by atoms with van der Waals surface area (Å²) in [5, 5.41) is 14.8. The molecule has 0 bridgehead atoms. The van der Waals surface area contributed by atoms with Crippen LogP contribution in [0.3, 0.4) is 0 Å². The molecule has 1 fully saturated rings. The van der Waals surface area contributed by atoms with Gasteiger partial charge >= 0.3 is 0 Å². The minimum absolute atomic E-state index is 0.385. The van der Waals surface area contributed by atoms with Crippen LogP contribution in [0.4, 0.5) is 0 Å². The lowest BCUT2D eigenvalue weighted by Crippen LogP contribution is -2.37. The van der Waals surface area contributed by atoms with Crippen LogP contribution < -0.4 is 5.32 Å². The van der Waals surface area contributed by atoms with Crippen LogP contribution in [0.5, 0.6) is 0 Å². The summed E-state index contributed by atoms with van der Waals surface area (Å²) >= 11 is 0. The Balaban J connectivity index is 1.79. The predicted octanol–water partition coefficient (Wildman–Crippen LogP) is 3.24. The maximum absolute atomic E-state index is 11.5. The third-order valence-electron chi connectivity index (χ3n) is 5.04. The fraction of sp³-hybridized carbons (Fsp3) is 0.611. The largest absolute Gasteiger partial charge is 0.385 e. The molecule has 3 nitrogen and oxygen atoms in total. The lowest BCUT2D eigenvalue weighted by atomic mass is 9.71. The average molecular weight is 286 g/mol. The zero-order chi connectivity index (χ0) is 14.5. The number of hydrogen-bond acceptors (Lipinski definition) is 3. The molecule has 1 aromatic rings. The van der Waals surface area contributed by atoms with E-state index in [0.717, 1.165) is 50.2 Å². The molecular formula is C18H26N2O. The average Bonchev–Trinajstić information content (AvgIpc) is 3.08. The van der Waals surface area contributed by atoms with Crippen molar-refractivity contribution in [1.29, 1.82) is 0 Å². The normalized spacial score (nSPS) is 22.4. The molecule has 1 heterocycles. The van der Waals surface area contributed by atoms with Gasteiger partial charge in [-0.05, 0) is 30.7 Å². The molecule has 2 N–H and O–H groups in total. The van der Waals surface area contributed by atoms with Crippen LogP contribution in [-0.2, 0) is 5.60 Å². The van der Waals surface area contributed by atoms with Crippen molar-refractivity contribution in [3.05, 3.63) is 35.9 Å². The Labute approximate surface area is 127 Å². The van der Waals surface area contributed by atoms with E-state index in [2.05, 4.69) is 22.4 Å². The molecular weight excluding hydrogens is 260 g/mol. The van der Waals surface area contributed by atoms with E-state index < -0.39 is 5.60 Å². The Morgan fingerprint density at radius 1 is 1.14 bits per heavy atom. The molecule has 0 amide bonds. The van der Waals surface area contributed by atoms with E-state index in [4.69, 9.17) is 0 Å². The van der Waals surface area contributed by atoms with Crippen molar-refractivity contribution in [2.45, 2.75) is 50.5 Å². The lowest BCUT2D eigenvalue weighted by Gasteiger charge is -2.39. The second-order valence-corrected chi connectivity index (χ2v) is 6.38. The van der Waals surface area contributed by atoms with Gasteiger partial charge < -0.3 is 10.4 Å². The van der Waals surface area contributed by atoms with Crippen molar-refractivity contribution >= 4 is 5.84 Å². The van der Waals surface area contributed by atoms with Gasteiger partial charge in [-0.25, -0.2) is 0 Å². The highest BCUT2D eigenvalue weighted by Gasteiger charge is 2.38. The van der Waals surface area contributed by atoms with Crippen LogP contribution in [0.2, 0.25) is 0 Å². The van der Waals surface area contributed by atoms with Crippen molar-refractivity contribution in [2.75, 3.05) is 13.1 Å². The Kier molecular flexibility index (Phi) is 4.59. The molecule has 0 aromatic heterocycles. The number of amidine groups is 1. The number of benzene rings is 1. The summed E-state index contributed by atoms with van der Waals surface area (Å²) < 4.78 is 0. The first kappa shape index (κ1) is 14.6. The van der Waals surface area contributed by atoms with Crippen LogP contribution in [0, 0.1) is 5.92 Å². The maximum atomic E-state index is 11.5. The Hall–Kier alpha value is -1.35. The van der Waals surface area contributed by atoms with Crippen molar-refractivity contribution in [3.63, 3.8) is 0 Å². The van der Waals surface area contributed by atoms with Gasteiger partial charge in [-0.2, -0.15) is 0 Å². The van der Waals surface area contributed by atoms with E-state index in [1.54, 1.807) is 0 Å². The molecule has 1 saturated carbocycles. The van der Waals surface area contributed by atoms with E-state index in [1.165, 1.54) is 19.3 Å². The first-order valence-electron chi connectivity index (χ1n) is 8.34. The highest BCUT2D eigenvalue weighted by Crippen LogP contribution is 2.42. The molecule has 2 aliphatic rings. The standard InChI is InChI=1S/C18H26N2O/c21-18(15-7-3-1-4-8-15,16-9-5-2-6-10-16)12-11-17-19-13-14-20-17/h1,3-4,7-8,16,21H,2,5-6,9-14H2,(H,19,20). The molecule has 3 heteroatoms. The lowest BCUT2D eigenvalue weighted by molar-refractivity contribution is -0.0446. The summed E-state index contributed by atoms with van der Waals surface area (Å²) in [6, 6.07) is 10.3. The first-order valence-corrected chi connectivity index (χ1v) is 8.34. The van der Waals surface area contributed by atoms with E-state index in [9.17, 15) is 5.11 Å². The Bertz CT molecular complexity index is 479. The Morgan fingerprint density at radius 2 is 1.90 bits per heavy atom. The van der Waals surface area contributed by atoms with Gasteiger partial charge in [-0.3, -0.25) is 4.99 Å². The zero-order valence-corrected chi connectivity index (χ0v) is 12.7. The number of nitrogens with zero attached hydrogens (tertiary/aromatic N) is 1. The van der Waals surface area contributed by atoms with Gasteiger partial charge in [0, 0.05) is 13.0 Å². The topological polar surface area (TPSA) is 44.6 Å². The molecule has 0 saturated heterocycles. The smallest absolute Gasteiger partial charge is 0.0965 e. The SMILES string of the molecule is OC(CCC1=NCCN1)(c1ccccc1)C1CCCCC1. The molecule has 3 rings (SSSR count). The molecule has 0 spiro atoms. The van der Waals surface area contributed by atoms with Gasteiger partial charge in [-0.15, -0.1) is 0 Å². The van der Waals surface area contributed by atoms with Gasteiger partial charge in [0.2, 0.25) is 0 Å². The summed E-state index contributed by atoms with van der Waals surface area (Å²) in [6.45, 7) is 1.82. The van der Waals surface area contributed by atoms with Gasteiger partial charge in [0.05, 0.1) is 18.0 Å². The quantitative estimate of drug-likeness (QED) is 0.873. The first-order chi connectivity index (χ1) is 10.3. The van der Waals surface area contributed by atoms with Crippen LogP contribution in [-0.4, -0.2) is 24.0 Å².